The molecule has 0 radical (unpaired) electrons. The molecule has 1 aliphatic heterocycles. The molecule has 1 aromatic heterocycles. The molecule has 0 atom stereocenters. The second-order valence-electron chi connectivity index (χ2n) is 6.17. The highest BCUT2D eigenvalue weighted by molar-refractivity contribution is 6.05. The average molecular weight is 334 g/mol. The van der Waals surface area contributed by atoms with Crippen LogP contribution in [0.2, 0.25) is 0 Å². The number of benzene rings is 2. The molecule has 3 N–H and O–H groups in total. The van der Waals surface area contributed by atoms with Gasteiger partial charge in [0, 0.05) is 36.4 Å². The molecule has 1 aliphatic rings. The number of hydrogen-bond acceptors (Lipinski definition) is 2. The molecule has 0 aliphatic carbocycles. The molecule has 0 saturated heterocycles. The quantitative estimate of drug-likeness (QED) is 0.668. The number of nitrogens with zero attached hydrogens (tertiary/aromatic N) is 1. The maximum absolute atomic E-state index is 12.4. The van der Waals surface area contributed by atoms with E-state index in [1.165, 1.54) is 0 Å². The first-order valence-corrected chi connectivity index (χ1v) is 8.15. The molecule has 0 spiro atoms. The minimum absolute atomic E-state index is 0.0293. The van der Waals surface area contributed by atoms with Crippen LogP contribution in [-0.2, 0) is 18.3 Å². The molecule has 0 saturated carbocycles. The van der Waals surface area contributed by atoms with Gasteiger partial charge in [0.2, 0.25) is 5.91 Å². The summed E-state index contributed by atoms with van der Waals surface area (Å²) < 4.78 is 1.98. The number of nitrogens with one attached hydrogen (secondary N) is 3. The van der Waals surface area contributed by atoms with E-state index in [0.717, 1.165) is 27.8 Å². The van der Waals surface area contributed by atoms with E-state index in [1.807, 2.05) is 54.2 Å². The van der Waals surface area contributed by atoms with Gasteiger partial charge in [0.1, 0.15) is 0 Å². The lowest BCUT2D eigenvalue weighted by Gasteiger charge is -2.18. The molecule has 2 heterocycles. The van der Waals surface area contributed by atoms with Gasteiger partial charge in [-0.25, -0.2) is 4.79 Å². The molecule has 6 heteroatoms. The maximum atomic E-state index is 12.4. The molecule has 2 aromatic carbocycles. The Balaban J connectivity index is 1.52. The number of amides is 3. The Morgan fingerprint density at radius 1 is 1.12 bits per heavy atom. The van der Waals surface area contributed by atoms with E-state index < -0.39 is 0 Å². The van der Waals surface area contributed by atoms with Crippen molar-refractivity contribution in [3.8, 4) is 0 Å². The summed E-state index contributed by atoms with van der Waals surface area (Å²) in [5, 5.41) is 9.67. The molecule has 25 heavy (non-hydrogen) atoms. The van der Waals surface area contributed by atoms with Gasteiger partial charge in [0.25, 0.3) is 0 Å². The fourth-order valence-electron chi connectivity index (χ4n) is 3.20. The number of fused-ring (bicyclic) bond motifs is 2. The smallest absolute Gasteiger partial charge is 0.323 e. The van der Waals surface area contributed by atoms with E-state index in [2.05, 4.69) is 16.0 Å². The van der Waals surface area contributed by atoms with Crippen LogP contribution in [0.3, 0.4) is 0 Å². The van der Waals surface area contributed by atoms with Crippen LogP contribution in [0.4, 0.5) is 21.9 Å². The van der Waals surface area contributed by atoms with Crippen LogP contribution in [0, 0.1) is 0 Å². The summed E-state index contributed by atoms with van der Waals surface area (Å²) in [4.78, 5) is 23.8. The summed E-state index contributed by atoms with van der Waals surface area (Å²) in [7, 11) is 1.95. The highest BCUT2D eigenvalue weighted by atomic mass is 16.2. The lowest BCUT2D eigenvalue weighted by Crippen LogP contribution is -2.21. The van der Waals surface area contributed by atoms with Gasteiger partial charge in [0.15, 0.2) is 0 Å². The molecular weight excluding hydrogens is 316 g/mol. The lowest BCUT2D eigenvalue weighted by atomic mass is 10.0. The van der Waals surface area contributed by atoms with Crippen LogP contribution in [0.5, 0.6) is 0 Å². The second kappa shape index (κ2) is 5.98. The van der Waals surface area contributed by atoms with Crippen LogP contribution in [0.25, 0.3) is 10.9 Å². The fraction of sp³-hybridized carbons (Fsp3) is 0.158. The summed E-state index contributed by atoms with van der Waals surface area (Å²) in [5.74, 6) is 0.0293. The Kier molecular flexibility index (Phi) is 3.65. The Morgan fingerprint density at radius 3 is 2.88 bits per heavy atom. The van der Waals surface area contributed by atoms with E-state index in [0.29, 0.717) is 18.5 Å². The van der Waals surface area contributed by atoms with Gasteiger partial charge < -0.3 is 20.5 Å². The minimum Gasteiger partial charge on any atom is -0.349 e. The third-order valence-electron chi connectivity index (χ3n) is 4.40. The van der Waals surface area contributed by atoms with Crippen molar-refractivity contribution in [1.82, 2.24) is 4.57 Å². The summed E-state index contributed by atoms with van der Waals surface area (Å²) in [6.45, 7) is 0. The molecule has 0 fully saturated rings. The van der Waals surface area contributed by atoms with Gasteiger partial charge in [-0.3, -0.25) is 4.79 Å². The van der Waals surface area contributed by atoms with Crippen molar-refractivity contribution in [2.75, 3.05) is 16.0 Å². The topological polar surface area (TPSA) is 75.2 Å². The number of aryl methyl sites for hydroxylation is 2. The van der Waals surface area contributed by atoms with Gasteiger partial charge in [-0.15, -0.1) is 0 Å². The number of carbonyl (C=O) groups excluding carboxylic acids is 2. The Labute approximate surface area is 144 Å². The average Bonchev–Trinajstić information content (AvgIpc) is 2.97. The SMILES string of the molecule is Cn1ccc2cccc(NC(=O)Nc3ccc4c(c3)CCC(=O)N4)c21. The minimum atomic E-state index is -0.298. The number of hydrogen-bond donors (Lipinski definition) is 3. The van der Waals surface area contributed by atoms with Crippen LogP contribution in [0.1, 0.15) is 12.0 Å². The van der Waals surface area contributed by atoms with E-state index in [1.54, 1.807) is 6.07 Å². The number of rotatable bonds is 2. The number of urea groups is 1. The van der Waals surface area contributed by atoms with Crippen LogP contribution in [0.15, 0.2) is 48.7 Å². The number of anilines is 3. The number of carbonyl (C=O) groups is 2. The van der Waals surface area contributed by atoms with Crippen molar-refractivity contribution in [3.63, 3.8) is 0 Å². The molecule has 4 rings (SSSR count). The standard InChI is InChI=1S/C19H18N4O2/c1-23-10-9-12-3-2-4-16(18(12)23)22-19(25)20-14-6-7-15-13(11-14)5-8-17(24)21-15/h2-4,6-7,9-11H,5,8H2,1H3,(H,21,24)(H2,20,22,25). The zero-order chi connectivity index (χ0) is 17.4. The summed E-state index contributed by atoms with van der Waals surface area (Å²) in [6.07, 6.45) is 3.12. The van der Waals surface area contributed by atoms with Gasteiger partial charge in [-0.2, -0.15) is 0 Å². The van der Waals surface area contributed by atoms with Crippen molar-refractivity contribution in [1.29, 1.82) is 0 Å². The molecule has 3 amide bonds. The van der Waals surface area contributed by atoms with Gasteiger partial charge >= 0.3 is 6.03 Å². The highest BCUT2D eigenvalue weighted by Crippen LogP contribution is 2.27. The lowest BCUT2D eigenvalue weighted by molar-refractivity contribution is -0.116. The van der Waals surface area contributed by atoms with Crippen molar-refractivity contribution in [3.05, 3.63) is 54.2 Å². The summed E-state index contributed by atoms with van der Waals surface area (Å²) in [6, 6.07) is 13.0. The molecular formula is C19H18N4O2. The normalized spacial score (nSPS) is 13.2. The summed E-state index contributed by atoms with van der Waals surface area (Å²) >= 11 is 0. The first-order chi connectivity index (χ1) is 12.1. The zero-order valence-electron chi connectivity index (χ0n) is 13.8. The largest absolute Gasteiger partial charge is 0.349 e. The first kappa shape index (κ1) is 15.3. The van der Waals surface area contributed by atoms with Crippen LogP contribution < -0.4 is 16.0 Å². The molecule has 3 aromatic rings. The van der Waals surface area contributed by atoms with Crippen molar-refractivity contribution >= 4 is 39.9 Å². The maximum Gasteiger partial charge on any atom is 0.323 e. The van der Waals surface area contributed by atoms with Crippen molar-refractivity contribution in [2.24, 2.45) is 7.05 Å². The summed E-state index contributed by atoms with van der Waals surface area (Å²) in [5.41, 5.74) is 4.28. The van der Waals surface area contributed by atoms with Gasteiger partial charge in [-0.1, -0.05) is 12.1 Å². The van der Waals surface area contributed by atoms with Crippen molar-refractivity contribution in [2.45, 2.75) is 12.8 Å². The van der Waals surface area contributed by atoms with Crippen LogP contribution >= 0.6 is 0 Å². The monoisotopic (exact) mass is 334 g/mol. The molecule has 126 valence electrons. The third kappa shape index (κ3) is 2.94. The zero-order valence-corrected chi connectivity index (χ0v) is 13.8. The molecule has 0 unspecified atom stereocenters. The van der Waals surface area contributed by atoms with Crippen molar-refractivity contribution < 1.29 is 9.59 Å². The molecule has 0 bridgehead atoms. The van der Waals surface area contributed by atoms with E-state index in [4.69, 9.17) is 0 Å². The number of para-hydroxylation sites is 1. The second-order valence-corrected chi connectivity index (χ2v) is 6.17. The van der Waals surface area contributed by atoms with E-state index in [-0.39, 0.29) is 11.9 Å². The number of aromatic nitrogens is 1. The highest BCUT2D eigenvalue weighted by Gasteiger charge is 2.15. The predicted molar refractivity (Wildman–Crippen MR) is 99.0 cm³/mol. The Morgan fingerprint density at radius 2 is 2.00 bits per heavy atom. The van der Waals surface area contributed by atoms with E-state index >= 15 is 0 Å². The van der Waals surface area contributed by atoms with Gasteiger partial charge in [0.05, 0.1) is 11.2 Å². The predicted octanol–water partition coefficient (Wildman–Crippen LogP) is 3.71. The van der Waals surface area contributed by atoms with Gasteiger partial charge in [-0.05, 0) is 42.3 Å². The Hall–Kier alpha value is -3.28. The first-order valence-electron chi connectivity index (χ1n) is 8.15. The van der Waals surface area contributed by atoms with Crippen LogP contribution in [-0.4, -0.2) is 16.5 Å². The molecule has 6 nitrogen and oxygen atoms in total. The fourth-order valence-corrected chi connectivity index (χ4v) is 3.20. The van der Waals surface area contributed by atoms with E-state index in [9.17, 15) is 9.59 Å². The Bertz CT molecular complexity index is 990. The third-order valence-corrected chi connectivity index (χ3v) is 4.40.